The molecule has 0 spiro atoms. The van der Waals surface area contributed by atoms with Gasteiger partial charge in [0.1, 0.15) is 6.04 Å². The van der Waals surface area contributed by atoms with Crippen molar-refractivity contribution >= 4 is 21.8 Å². The summed E-state index contributed by atoms with van der Waals surface area (Å²) in [5, 5.41) is 4.95. The van der Waals surface area contributed by atoms with Crippen LogP contribution >= 0.6 is 0 Å². The highest BCUT2D eigenvalue weighted by Gasteiger charge is 2.31. The molecule has 0 saturated heterocycles. The van der Waals surface area contributed by atoms with E-state index < -0.39 is 56.6 Å². The largest absolute Gasteiger partial charge is 0.416 e. The Balaban J connectivity index is 2.71. The van der Waals surface area contributed by atoms with Crippen LogP contribution in [0.3, 0.4) is 0 Å². The van der Waals surface area contributed by atoms with Crippen LogP contribution in [0.4, 0.5) is 13.2 Å². The van der Waals surface area contributed by atoms with Gasteiger partial charge in [0.25, 0.3) is 0 Å². The molecule has 0 heterocycles. The van der Waals surface area contributed by atoms with E-state index in [2.05, 4.69) is 10.6 Å². The first-order valence-corrected chi connectivity index (χ1v) is 9.38. The Morgan fingerprint density at radius 3 is 2.26 bits per heavy atom. The second-order valence-corrected chi connectivity index (χ2v) is 8.65. The van der Waals surface area contributed by atoms with Gasteiger partial charge >= 0.3 is 6.18 Å². The molecule has 0 fully saturated rings. The first-order valence-electron chi connectivity index (χ1n) is 7.90. The lowest BCUT2D eigenvalue weighted by Crippen LogP contribution is -2.52. The molecule has 11 heteroatoms. The molecule has 1 unspecified atom stereocenters. The van der Waals surface area contributed by atoms with E-state index in [1.165, 1.54) is 6.92 Å². The highest BCUT2D eigenvalue weighted by atomic mass is 32.2. The quantitative estimate of drug-likeness (QED) is 0.661. The van der Waals surface area contributed by atoms with Gasteiger partial charge in [-0.2, -0.15) is 13.2 Å². The smallest absolute Gasteiger partial charge is 0.350 e. The van der Waals surface area contributed by atoms with E-state index in [1.807, 2.05) is 4.72 Å². The monoisotopic (exact) mass is 409 g/mol. The van der Waals surface area contributed by atoms with Crippen LogP contribution in [0.5, 0.6) is 0 Å². The van der Waals surface area contributed by atoms with Crippen molar-refractivity contribution in [3.05, 3.63) is 29.8 Å². The lowest BCUT2D eigenvalue weighted by atomic mass is 10.1. The zero-order valence-electron chi connectivity index (χ0n) is 15.3. The molecule has 0 bridgehead atoms. The highest BCUT2D eigenvalue weighted by molar-refractivity contribution is 7.89. The number of amides is 2. The summed E-state index contributed by atoms with van der Waals surface area (Å²) in [5.74, 6) is -1.27. The summed E-state index contributed by atoms with van der Waals surface area (Å²) in [4.78, 5) is 23.1. The van der Waals surface area contributed by atoms with E-state index in [9.17, 15) is 31.2 Å². The molecular formula is C16H22F3N3O4S. The van der Waals surface area contributed by atoms with E-state index in [1.54, 1.807) is 20.8 Å². The molecule has 1 aromatic rings. The SMILES string of the molecule is CC(NC(=O)CNS(=O)(=O)c1cccc(C(F)(F)F)c1)C(=O)NC(C)(C)C. The molecule has 0 saturated carbocycles. The predicted octanol–water partition coefficient (Wildman–Crippen LogP) is 1.40. The lowest BCUT2D eigenvalue weighted by Gasteiger charge is -2.23. The van der Waals surface area contributed by atoms with Crippen LogP contribution in [-0.4, -0.2) is 38.4 Å². The second-order valence-electron chi connectivity index (χ2n) is 6.88. The molecule has 152 valence electrons. The van der Waals surface area contributed by atoms with E-state index >= 15 is 0 Å². The van der Waals surface area contributed by atoms with Crippen molar-refractivity contribution in [1.82, 2.24) is 15.4 Å². The Bertz CT molecular complexity index is 802. The summed E-state index contributed by atoms with van der Waals surface area (Å²) in [5.41, 5.74) is -1.64. The lowest BCUT2D eigenvalue weighted by molar-refractivity contribution is -0.137. The van der Waals surface area contributed by atoms with Gasteiger partial charge in [0.2, 0.25) is 21.8 Å². The van der Waals surface area contributed by atoms with Gasteiger partial charge in [-0.05, 0) is 45.9 Å². The number of benzene rings is 1. The summed E-state index contributed by atoms with van der Waals surface area (Å²) in [6.45, 7) is 5.94. The Hall–Kier alpha value is -2.14. The molecule has 0 radical (unpaired) electrons. The highest BCUT2D eigenvalue weighted by Crippen LogP contribution is 2.30. The first kappa shape index (κ1) is 22.9. The molecule has 1 rings (SSSR count). The molecule has 0 aliphatic rings. The number of carbonyl (C=O) groups excluding carboxylic acids is 2. The maximum absolute atomic E-state index is 12.7. The summed E-state index contributed by atoms with van der Waals surface area (Å²) >= 11 is 0. The molecule has 3 N–H and O–H groups in total. The molecule has 0 aliphatic carbocycles. The van der Waals surface area contributed by atoms with Crippen molar-refractivity contribution in [3.63, 3.8) is 0 Å². The van der Waals surface area contributed by atoms with Gasteiger partial charge in [-0.25, -0.2) is 13.1 Å². The standard InChI is InChI=1S/C16H22F3N3O4S/c1-10(14(24)22-15(2,3)4)21-13(23)9-20-27(25,26)12-7-5-6-11(8-12)16(17,18)19/h5-8,10,20H,9H2,1-4H3,(H,21,23)(H,22,24). The maximum Gasteiger partial charge on any atom is 0.416 e. The normalized spacial score (nSPS) is 13.7. The first-order chi connectivity index (χ1) is 12.1. The number of alkyl halides is 3. The average Bonchev–Trinajstić information content (AvgIpc) is 2.50. The zero-order chi connectivity index (χ0) is 21.0. The number of nitrogens with one attached hydrogen (secondary N) is 3. The minimum absolute atomic E-state index is 0.461. The molecule has 0 aromatic heterocycles. The van der Waals surface area contributed by atoms with Gasteiger partial charge in [-0.3, -0.25) is 9.59 Å². The Kier molecular flexibility index (Phi) is 7.00. The van der Waals surface area contributed by atoms with Crippen molar-refractivity contribution in [2.45, 2.75) is 50.3 Å². The number of carbonyl (C=O) groups is 2. The second kappa shape index (κ2) is 8.26. The Morgan fingerprint density at radius 2 is 1.74 bits per heavy atom. The minimum atomic E-state index is -4.70. The fourth-order valence-corrected chi connectivity index (χ4v) is 2.95. The third-order valence-corrected chi connectivity index (χ3v) is 4.56. The summed E-state index contributed by atoms with van der Waals surface area (Å²) in [7, 11) is -4.33. The number of hydrogen-bond donors (Lipinski definition) is 3. The van der Waals surface area contributed by atoms with Gasteiger partial charge in [0.15, 0.2) is 0 Å². The number of sulfonamides is 1. The van der Waals surface area contributed by atoms with Gasteiger partial charge < -0.3 is 10.6 Å². The van der Waals surface area contributed by atoms with Crippen LogP contribution in [0.25, 0.3) is 0 Å². The molecule has 1 atom stereocenters. The predicted molar refractivity (Wildman–Crippen MR) is 92.1 cm³/mol. The Morgan fingerprint density at radius 1 is 1.15 bits per heavy atom. The van der Waals surface area contributed by atoms with E-state index in [0.717, 1.165) is 18.2 Å². The van der Waals surface area contributed by atoms with Crippen LogP contribution in [-0.2, 0) is 25.8 Å². The minimum Gasteiger partial charge on any atom is -0.350 e. The third-order valence-electron chi connectivity index (χ3n) is 3.16. The molecular weight excluding hydrogens is 387 g/mol. The molecule has 27 heavy (non-hydrogen) atoms. The van der Waals surface area contributed by atoms with Crippen LogP contribution in [0.15, 0.2) is 29.2 Å². The number of rotatable bonds is 6. The van der Waals surface area contributed by atoms with Crippen molar-refractivity contribution in [2.75, 3.05) is 6.54 Å². The summed E-state index contributed by atoms with van der Waals surface area (Å²) in [6.07, 6.45) is -4.70. The number of hydrogen-bond acceptors (Lipinski definition) is 4. The van der Waals surface area contributed by atoms with Crippen molar-refractivity contribution in [1.29, 1.82) is 0 Å². The maximum atomic E-state index is 12.7. The summed E-state index contributed by atoms with van der Waals surface area (Å²) < 4.78 is 64.1. The fraction of sp³-hybridized carbons (Fsp3) is 0.500. The Labute approximate surface area is 155 Å². The van der Waals surface area contributed by atoms with E-state index in [-0.39, 0.29) is 0 Å². The molecule has 2 amide bonds. The van der Waals surface area contributed by atoms with Crippen molar-refractivity contribution < 1.29 is 31.2 Å². The molecule has 0 aliphatic heterocycles. The van der Waals surface area contributed by atoms with E-state index in [4.69, 9.17) is 0 Å². The third kappa shape index (κ3) is 7.55. The number of halogens is 3. The summed E-state index contributed by atoms with van der Waals surface area (Å²) in [6, 6.07) is 2.22. The van der Waals surface area contributed by atoms with Crippen LogP contribution in [0.2, 0.25) is 0 Å². The van der Waals surface area contributed by atoms with Crippen LogP contribution < -0.4 is 15.4 Å². The van der Waals surface area contributed by atoms with Crippen LogP contribution in [0.1, 0.15) is 33.3 Å². The topological polar surface area (TPSA) is 104 Å². The van der Waals surface area contributed by atoms with E-state index in [0.29, 0.717) is 6.07 Å². The van der Waals surface area contributed by atoms with Crippen LogP contribution in [0, 0.1) is 0 Å². The van der Waals surface area contributed by atoms with Gasteiger partial charge in [-0.15, -0.1) is 0 Å². The zero-order valence-corrected chi connectivity index (χ0v) is 16.1. The van der Waals surface area contributed by atoms with Gasteiger partial charge in [0, 0.05) is 5.54 Å². The van der Waals surface area contributed by atoms with Gasteiger partial charge in [0.05, 0.1) is 17.0 Å². The molecule has 7 nitrogen and oxygen atoms in total. The van der Waals surface area contributed by atoms with Crippen molar-refractivity contribution in [2.24, 2.45) is 0 Å². The van der Waals surface area contributed by atoms with Gasteiger partial charge in [-0.1, -0.05) is 6.07 Å². The fourth-order valence-electron chi connectivity index (χ4n) is 1.92. The molecule has 1 aromatic carbocycles. The average molecular weight is 409 g/mol. The van der Waals surface area contributed by atoms with Crippen molar-refractivity contribution in [3.8, 4) is 0 Å².